The number of rotatable bonds is 4. The standard InChI is InChI=1S/C18H24FNO3/c1-18(2,16-5-3-4-8-22-16)11-20-17(21)15-10-12-9-13(19)6-7-14(12)23-15/h6-7,9,15-16H,3-5,8,10-11H2,1-2H3,(H,20,21)/t15-,16+/m1/s1. The fraction of sp³-hybridized carbons (Fsp3) is 0.611. The summed E-state index contributed by atoms with van der Waals surface area (Å²) in [5.41, 5.74) is 0.633. The van der Waals surface area contributed by atoms with Crippen LogP contribution in [0.15, 0.2) is 18.2 Å². The van der Waals surface area contributed by atoms with Crippen molar-refractivity contribution in [3.8, 4) is 5.75 Å². The molecule has 0 aromatic heterocycles. The molecule has 1 aromatic rings. The van der Waals surface area contributed by atoms with E-state index in [1.54, 1.807) is 6.07 Å². The number of carbonyl (C=O) groups is 1. The van der Waals surface area contributed by atoms with E-state index in [9.17, 15) is 9.18 Å². The third-order valence-electron chi connectivity index (χ3n) is 4.76. The Bertz CT molecular complexity index is 582. The molecule has 4 nitrogen and oxygen atoms in total. The molecule has 0 unspecified atom stereocenters. The maximum Gasteiger partial charge on any atom is 0.261 e. The zero-order valence-corrected chi connectivity index (χ0v) is 13.7. The van der Waals surface area contributed by atoms with Gasteiger partial charge in [0.1, 0.15) is 11.6 Å². The lowest BCUT2D eigenvalue weighted by atomic mass is 9.82. The Kier molecular flexibility index (Phi) is 4.57. The van der Waals surface area contributed by atoms with Crippen LogP contribution in [0.3, 0.4) is 0 Å². The van der Waals surface area contributed by atoms with E-state index < -0.39 is 6.10 Å². The minimum atomic E-state index is -0.574. The quantitative estimate of drug-likeness (QED) is 0.927. The van der Waals surface area contributed by atoms with Crippen molar-refractivity contribution in [2.24, 2.45) is 5.41 Å². The van der Waals surface area contributed by atoms with Crippen molar-refractivity contribution >= 4 is 5.91 Å². The molecule has 0 saturated carbocycles. The molecule has 0 bridgehead atoms. The van der Waals surface area contributed by atoms with Crippen molar-refractivity contribution in [2.75, 3.05) is 13.2 Å². The lowest BCUT2D eigenvalue weighted by molar-refractivity contribution is -0.128. The summed E-state index contributed by atoms with van der Waals surface area (Å²) in [6.07, 6.45) is 3.34. The number of ether oxygens (including phenoxy) is 2. The first kappa shape index (κ1) is 16.2. The highest BCUT2D eigenvalue weighted by Crippen LogP contribution is 2.31. The van der Waals surface area contributed by atoms with Gasteiger partial charge in [-0.2, -0.15) is 0 Å². The maximum absolute atomic E-state index is 13.2. The molecule has 1 aromatic carbocycles. The van der Waals surface area contributed by atoms with Gasteiger partial charge in [-0.1, -0.05) is 13.8 Å². The van der Waals surface area contributed by atoms with Gasteiger partial charge in [0.15, 0.2) is 6.10 Å². The first-order chi connectivity index (χ1) is 11.0. The number of fused-ring (bicyclic) bond motifs is 1. The molecule has 0 spiro atoms. The summed E-state index contributed by atoms with van der Waals surface area (Å²) < 4.78 is 24.7. The molecule has 2 aliphatic rings. The zero-order valence-electron chi connectivity index (χ0n) is 13.7. The van der Waals surface area contributed by atoms with E-state index in [1.165, 1.54) is 18.6 Å². The highest BCUT2D eigenvalue weighted by molar-refractivity contribution is 5.82. The number of benzene rings is 1. The summed E-state index contributed by atoms with van der Waals surface area (Å²) in [6.45, 7) is 5.57. The van der Waals surface area contributed by atoms with E-state index in [0.717, 1.165) is 25.0 Å². The van der Waals surface area contributed by atoms with Crippen LogP contribution in [0, 0.1) is 11.2 Å². The topological polar surface area (TPSA) is 47.6 Å². The molecule has 23 heavy (non-hydrogen) atoms. The Labute approximate surface area is 136 Å². The van der Waals surface area contributed by atoms with Gasteiger partial charge in [-0.3, -0.25) is 4.79 Å². The molecule has 0 aliphatic carbocycles. The highest BCUT2D eigenvalue weighted by atomic mass is 19.1. The van der Waals surface area contributed by atoms with Gasteiger partial charge in [0.2, 0.25) is 0 Å². The summed E-state index contributed by atoms with van der Waals surface area (Å²) in [6, 6.07) is 4.36. The summed E-state index contributed by atoms with van der Waals surface area (Å²) >= 11 is 0. The van der Waals surface area contributed by atoms with Crippen LogP contribution >= 0.6 is 0 Å². The smallest absolute Gasteiger partial charge is 0.261 e. The molecule has 126 valence electrons. The molecule has 3 rings (SSSR count). The second-order valence-corrected chi connectivity index (χ2v) is 7.12. The Morgan fingerprint density at radius 3 is 2.96 bits per heavy atom. The lowest BCUT2D eigenvalue weighted by Crippen LogP contribution is -2.47. The van der Waals surface area contributed by atoms with Gasteiger partial charge in [-0.15, -0.1) is 0 Å². The fourth-order valence-corrected chi connectivity index (χ4v) is 3.26. The van der Waals surface area contributed by atoms with Gasteiger partial charge in [0, 0.05) is 30.6 Å². The van der Waals surface area contributed by atoms with Gasteiger partial charge < -0.3 is 14.8 Å². The van der Waals surface area contributed by atoms with Crippen LogP contribution in [0.25, 0.3) is 0 Å². The van der Waals surface area contributed by atoms with Crippen LogP contribution < -0.4 is 10.1 Å². The van der Waals surface area contributed by atoms with Crippen molar-refractivity contribution in [3.05, 3.63) is 29.6 Å². The molecule has 5 heteroatoms. The number of halogens is 1. The summed E-state index contributed by atoms with van der Waals surface area (Å²) in [7, 11) is 0. The second kappa shape index (κ2) is 6.48. The molecule has 1 N–H and O–H groups in total. The van der Waals surface area contributed by atoms with E-state index in [0.29, 0.717) is 18.7 Å². The fourth-order valence-electron chi connectivity index (χ4n) is 3.26. The van der Waals surface area contributed by atoms with Crippen molar-refractivity contribution in [2.45, 2.75) is 51.7 Å². The van der Waals surface area contributed by atoms with Gasteiger partial charge in [-0.25, -0.2) is 4.39 Å². The van der Waals surface area contributed by atoms with E-state index >= 15 is 0 Å². The van der Waals surface area contributed by atoms with Gasteiger partial charge in [0.25, 0.3) is 5.91 Å². The molecule has 1 fully saturated rings. The molecule has 1 saturated heterocycles. The molecule has 2 heterocycles. The Morgan fingerprint density at radius 1 is 1.39 bits per heavy atom. The van der Waals surface area contributed by atoms with Crippen LogP contribution in [-0.2, 0) is 16.0 Å². The molecule has 0 radical (unpaired) electrons. The number of hydrogen-bond acceptors (Lipinski definition) is 3. The average molecular weight is 321 g/mol. The third-order valence-corrected chi connectivity index (χ3v) is 4.76. The molecule has 1 amide bonds. The summed E-state index contributed by atoms with van der Waals surface area (Å²) in [4.78, 5) is 12.4. The minimum absolute atomic E-state index is 0.117. The molecular weight excluding hydrogens is 297 g/mol. The minimum Gasteiger partial charge on any atom is -0.480 e. The predicted octanol–water partition coefficient (Wildman–Crippen LogP) is 2.84. The predicted molar refractivity (Wildman–Crippen MR) is 84.9 cm³/mol. The van der Waals surface area contributed by atoms with Gasteiger partial charge >= 0.3 is 0 Å². The van der Waals surface area contributed by atoms with E-state index in [1.807, 2.05) is 0 Å². The first-order valence-electron chi connectivity index (χ1n) is 8.30. The van der Waals surface area contributed by atoms with Crippen LogP contribution in [-0.4, -0.2) is 31.3 Å². The van der Waals surface area contributed by atoms with Crippen molar-refractivity contribution < 1.29 is 18.7 Å². The summed E-state index contributed by atoms with van der Waals surface area (Å²) in [5.74, 6) is 0.149. The Morgan fingerprint density at radius 2 is 2.22 bits per heavy atom. The Balaban J connectivity index is 1.54. The van der Waals surface area contributed by atoms with Crippen LogP contribution in [0.2, 0.25) is 0 Å². The number of carbonyl (C=O) groups excluding carboxylic acids is 1. The average Bonchev–Trinajstić information content (AvgIpc) is 2.96. The molecule has 2 aliphatic heterocycles. The maximum atomic E-state index is 13.2. The summed E-state index contributed by atoms with van der Waals surface area (Å²) in [5, 5.41) is 2.97. The van der Waals surface area contributed by atoms with Crippen molar-refractivity contribution in [1.29, 1.82) is 0 Å². The monoisotopic (exact) mass is 321 g/mol. The van der Waals surface area contributed by atoms with E-state index in [-0.39, 0.29) is 23.2 Å². The number of hydrogen-bond donors (Lipinski definition) is 1. The van der Waals surface area contributed by atoms with Crippen molar-refractivity contribution in [1.82, 2.24) is 5.32 Å². The highest BCUT2D eigenvalue weighted by Gasteiger charge is 2.34. The van der Waals surface area contributed by atoms with Crippen LogP contribution in [0.1, 0.15) is 38.7 Å². The Hall–Kier alpha value is -1.62. The molecular formula is C18H24FNO3. The first-order valence-corrected chi connectivity index (χ1v) is 8.30. The van der Waals surface area contributed by atoms with Gasteiger partial charge in [0.05, 0.1) is 6.10 Å². The third kappa shape index (κ3) is 3.66. The van der Waals surface area contributed by atoms with Gasteiger partial charge in [-0.05, 0) is 37.5 Å². The van der Waals surface area contributed by atoms with E-state index in [4.69, 9.17) is 9.47 Å². The largest absolute Gasteiger partial charge is 0.480 e. The molecule has 2 atom stereocenters. The second-order valence-electron chi connectivity index (χ2n) is 7.12. The zero-order chi connectivity index (χ0) is 16.4. The number of amides is 1. The van der Waals surface area contributed by atoms with Crippen LogP contribution in [0.5, 0.6) is 5.75 Å². The SMILES string of the molecule is CC(C)(CNC(=O)[C@H]1Cc2cc(F)ccc2O1)[C@@H]1CCCCO1. The lowest BCUT2D eigenvalue weighted by Gasteiger charge is -2.37. The van der Waals surface area contributed by atoms with E-state index in [2.05, 4.69) is 19.2 Å². The van der Waals surface area contributed by atoms with Crippen molar-refractivity contribution in [3.63, 3.8) is 0 Å². The normalized spacial score (nSPS) is 24.0. The number of nitrogens with one attached hydrogen (secondary N) is 1. The van der Waals surface area contributed by atoms with Crippen LogP contribution in [0.4, 0.5) is 4.39 Å².